The van der Waals surface area contributed by atoms with E-state index in [0.29, 0.717) is 6.04 Å². The minimum atomic E-state index is 0.492. The lowest BCUT2D eigenvalue weighted by Gasteiger charge is -2.13. The summed E-state index contributed by atoms with van der Waals surface area (Å²) in [6.07, 6.45) is 2.15. The molecule has 2 heteroatoms. The third kappa shape index (κ3) is 2.29. The molecule has 1 unspecified atom stereocenters. The normalized spacial score (nSPS) is 17.8. The summed E-state index contributed by atoms with van der Waals surface area (Å²) in [6, 6.07) is 17.1. The molecule has 0 saturated carbocycles. The molecule has 1 aliphatic rings. The zero-order valence-corrected chi connectivity index (χ0v) is 10.2. The number of rotatable bonds is 2. The quantitative estimate of drug-likeness (QED) is 0.843. The van der Waals surface area contributed by atoms with Crippen LogP contribution in [0.15, 0.2) is 48.5 Å². The van der Waals surface area contributed by atoms with Gasteiger partial charge in [-0.3, -0.25) is 0 Å². The molecule has 0 bridgehead atoms. The summed E-state index contributed by atoms with van der Waals surface area (Å²) in [5.74, 6) is 0. The van der Waals surface area contributed by atoms with Gasteiger partial charge in [0, 0.05) is 16.8 Å². The Bertz CT molecular complexity index is 522. The molecule has 2 aromatic carbocycles. The van der Waals surface area contributed by atoms with Crippen molar-refractivity contribution in [3.63, 3.8) is 0 Å². The van der Waals surface area contributed by atoms with E-state index in [1.165, 1.54) is 16.8 Å². The van der Waals surface area contributed by atoms with Crippen molar-refractivity contribution in [1.82, 2.24) is 0 Å². The molecule has 1 nitrogen and oxygen atoms in total. The fraction of sp³-hybridized carbons (Fsp3) is 0.200. The SMILES string of the molecule is Clc1ccc2c(c1)CC(Nc1ccccc1)C2. The predicted molar refractivity (Wildman–Crippen MR) is 72.7 cm³/mol. The van der Waals surface area contributed by atoms with Crippen molar-refractivity contribution in [2.45, 2.75) is 18.9 Å². The summed E-state index contributed by atoms with van der Waals surface area (Å²) in [6.45, 7) is 0. The van der Waals surface area contributed by atoms with Crippen molar-refractivity contribution in [3.05, 3.63) is 64.7 Å². The molecule has 0 heterocycles. The van der Waals surface area contributed by atoms with E-state index in [4.69, 9.17) is 11.6 Å². The van der Waals surface area contributed by atoms with E-state index >= 15 is 0 Å². The maximum atomic E-state index is 6.01. The Kier molecular flexibility index (Phi) is 2.77. The van der Waals surface area contributed by atoms with Gasteiger partial charge in [-0.2, -0.15) is 0 Å². The molecule has 1 aliphatic carbocycles. The van der Waals surface area contributed by atoms with Crippen LogP contribution in [0.3, 0.4) is 0 Å². The minimum absolute atomic E-state index is 0.492. The van der Waals surface area contributed by atoms with Crippen molar-refractivity contribution in [2.24, 2.45) is 0 Å². The van der Waals surface area contributed by atoms with Gasteiger partial charge in [0.25, 0.3) is 0 Å². The molecule has 0 aromatic heterocycles. The van der Waals surface area contributed by atoms with E-state index in [9.17, 15) is 0 Å². The van der Waals surface area contributed by atoms with E-state index in [0.717, 1.165) is 17.9 Å². The van der Waals surface area contributed by atoms with Crippen molar-refractivity contribution >= 4 is 17.3 Å². The molecule has 1 atom stereocenters. The Hall–Kier alpha value is -1.47. The van der Waals surface area contributed by atoms with Crippen molar-refractivity contribution < 1.29 is 0 Å². The van der Waals surface area contributed by atoms with Gasteiger partial charge in [0.2, 0.25) is 0 Å². The fourth-order valence-corrected chi connectivity index (χ4v) is 2.65. The Morgan fingerprint density at radius 1 is 0.941 bits per heavy atom. The number of para-hydroxylation sites is 1. The highest BCUT2D eigenvalue weighted by molar-refractivity contribution is 6.30. The summed E-state index contributed by atoms with van der Waals surface area (Å²) in [5.41, 5.74) is 3.99. The summed E-state index contributed by atoms with van der Waals surface area (Å²) in [4.78, 5) is 0. The van der Waals surface area contributed by atoms with Crippen LogP contribution < -0.4 is 5.32 Å². The van der Waals surface area contributed by atoms with Gasteiger partial charge < -0.3 is 5.32 Å². The molecule has 0 saturated heterocycles. The molecule has 2 aromatic rings. The summed E-state index contributed by atoms with van der Waals surface area (Å²) < 4.78 is 0. The van der Waals surface area contributed by atoms with Crippen LogP contribution in [0.2, 0.25) is 5.02 Å². The molecule has 0 fully saturated rings. The Morgan fingerprint density at radius 2 is 1.71 bits per heavy atom. The molecular formula is C15H14ClN. The van der Waals surface area contributed by atoms with Crippen LogP contribution in [-0.4, -0.2) is 6.04 Å². The molecule has 17 heavy (non-hydrogen) atoms. The Labute approximate surface area is 106 Å². The van der Waals surface area contributed by atoms with Gasteiger partial charge >= 0.3 is 0 Å². The summed E-state index contributed by atoms with van der Waals surface area (Å²) in [5, 5.41) is 4.40. The first-order valence-electron chi connectivity index (χ1n) is 5.90. The number of fused-ring (bicyclic) bond motifs is 1. The third-order valence-corrected chi connectivity index (χ3v) is 3.48. The average molecular weight is 244 g/mol. The fourth-order valence-electron chi connectivity index (χ4n) is 2.46. The van der Waals surface area contributed by atoms with Crippen LogP contribution in [0, 0.1) is 0 Å². The number of nitrogens with one attached hydrogen (secondary N) is 1. The maximum absolute atomic E-state index is 6.01. The van der Waals surface area contributed by atoms with Crippen molar-refractivity contribution in [1.29, 1.82) is 0 Å². The van der Waals surface area contributed by atoms with Crippen LogP contribution >= 0.6 is 11.6 Å². The third-order valence-electron chi connectivity index (χ3n) is 3.25. The van der Waals surface area contributed by atoms with Gasteiger partial charge in [-0.1, -0.05) is 35.9 Å². The van der Waals surface area contributed by atoms with Crippen LogP contribution in [0.1, 0.15) is 11.1 Å². The van der Waals surface area contributed by atoms with E-state index < -0.39 is 0 Å². The summed E-state index contributed by atoms with van der Waals surface area (Å²) in [7, 11) is 0. The second-order valence-electron chi connectivity index (χ2n) is 4.53. The topological polar surface area (TPSA) is 12.0 Å². The van der Waals surface area contributed by atoms with Crippen molar-refractivity contribution in [3.8, 4) is 0 Å². The Morgan fingerprint density at radius 3 is 2.53 bits per heavy atom. The molecule has 3 rings (SSSR count). The lowest BCUT2D eigenvalue weighted by Crippen LogP contribution is -2.19. The largest absolute Gasteiger partial charge is 0.382 e. The van der Waals surface area contributed by atoms with Gasteiger partial charge in [-0.25, -0.2) is 0 Å². The predicted octanol–water partition coefficient (Wildman–Crippen LogP) is 3.92. The molecule has 0 aliphatic heterocycles. The molecule has 0 spiro atoms. The molecule has 0 amide bonds. The smallest absolute Gasteiger partial charge is 0.0408 e. The first-order chi connectivity index (χ1) is 8.31. The van der Waals surface area contributed by atoms with E-state index in [1.54, 1.807) is 0 Å². The first kappa shape index (κ1) is 10.7. The number of benzene rings is 2. The molecule has 86 valence electrons. The second kappa shape index (κ2) is 4.42. The number of hydrogen-bond donors (Lipinski definition) is 1. The molecular weight excluding hydrogens is 230 g/mol. The second-order valence-corrected chi connectivity index (χ2v) is 4.97. The molecule has 0 radical (unpaired) electrons. The number of halogens is 1. The zero-order chi connectivity index (χ0) is 11.7. The standard InChI is InChI=1S/C15H14ClN/c16-13-7-6-11-9-15(10-12(11)8-13)17-14-4-2-1-3-5-14/h1-8,15,17H,9-10H2. The van der Waals surface area contributed by atoms with Crippen LogP contribution in [0.5, 0.6) is 0 Å². The number of hydrogen-bond acceptors (Lipinski definition) is 1. The minimum Gasteiger partial charge on any atom is -0.382 e. The van der Waals surface area contributed by atoms with Gasteiger partial charge in [0.1, 0.15) is 0 Å². The van der Waals surface area contributed by atoms with E-state index in [1.807, 2.05) is 12.1 Å². The van der Waals surface area contributed by atoms with E-state index in [2.05, 4.69) is 41.7 Å². The van der Waals surface area contributed by atoms with Gasteiger partial charge in [-0.05, 0) is 48.2 Å². The van der Waals surface area contributed by atoms with Crippen LogP contribution in [0.4, 0.5) is 5.69 Å². The maximum Gasteiger partial charge on any atom is 0.0408 e. The highest BCUT2D eigenvalue weighted by atomic mass is 35.5. The first-order valence-corrected chi connectivity index (χ1v) is 6.28. The highest BCUT2D eigenvalue weighted by Gasteiger charge is 2.21. The lowest BCUT2D eigenvalue weighted by atomic mass is 10.1. The monoisotopic (exact) mass is 243 g/mol. The average Bonchev–Trinajstić information content (AvgIpc) is 2.71. The van der Waals surface area contributed by atoms with Crippen LogP contribution in [0.25, 0.3) is 0 Å². The zero-order valence-electron chi connectivity index (χ0n) is 9.49. The lowest BCUT2D eigenvalue weighted by molar-refractivity contribution is 0.774. The van der Waals surface area contributed by atoms with E-state index in [-0.39, 0.29) is 0 Å². The summed E-state index contributed by atoms with van der Waals surface area (Å²) >= 11 is 6.01. The Balaban J connectivity index is 1.74. The van der Waals surface area contributed by atoms with Crippen molar-refractivity contribution in [2.75, 3.05) is 5.32 Å². The van der Waals surface area contributed by atoms with Gasteiger partial charge in [-0.15, -0.1) is 0 Å². The van der Waals surface area contributed by atoms with Crippen LogP contribution in [-0.2, 0) is 12.8 Å². The highest BCUT2D eigenvalue weighted by Crippen LogP contribution is 2.27. The number of anilines is 1. The molecule has 1 N–H and O–H groups in total. The van der Waals surface area contributed by atoms with Gasteiger partial charge in [0.15, 0.2) is 0 Å². The van der Waals surface area contributed by atoms with Gasteiger partial charge in [0.05, 0.1) is 0 Å².